The molecular weight excluding hydrogens is 492 g/mol. The second-order valence-corrected chi connectivity index (χ2v) is 11.2. The number of pyridine rings is 3. The number of sulfone groups is 1. The minimum absolute atomic E-state index is 0.0240. The summed E-state index contributed by atoms with van der Waals surface area (Å²) in [6, 6.07) is 15.7. The standard InChI is InChI=1S/C27H26N4O5S/c1-16-6-7-17(10-25(16)37(2,34)35)27(33)29-15-19-11-24-18(14-28-19)8-9-23(30-24)22-4-3-5-26(31-22)36-21-12-20(32)13-21/h3-11,14,20-21,32H,12-13,15H2,1-2H3,(H,29,33)/t20-,21-. The summed E-state index contributed by atoms with van der Waals surface area (Å²) < 4.78 is 29.8. The number of ether oxygens (including phenoxy) is 1. The van der Waals surface area contributed by atoms with Crippen molar-refractivity contribution in [3.05, 3.63) is 77.6 Å². The Morgan fingerprint density at radius 1 is 1.08 bits per heavy atom. The van der Waals surface area contributed by atoms with Gasteiger partial charge in [-0.15, -0.1) is 0 Å². The molecule has 10 heteroatoms. The summed E-state index contributed by atoms with van der Waals surface area (Å²) in [7, 11) is -3.44. The van der Waals surface area contributed by atoms with Crippen molar-refractivity contribution in [2.24, 2.45) is 0 Å². The van der Waals surface area contributed by atoms with Gasteiger partial charge >= 0.3 is 0 Å². The maximum Gasteiger partial charge on any atom is 0.251 e. The van der Waals surface area contributed by atoms with Gasteiger partial charge in [0, 0.05) is 42.3 Å². The van der Waals surface area contributed by atoms with Crippen molar-refractivity contribution >= 4 is 26.6 Å². The highest BCUT2D eigenvalue weighted by Gasteiger charge is 2.29. The van der Waals surface area contributed by atoms with Crippen LogP contribution in [0.2, 0.25) is 0 Å². The van der Waals surface area contributed by atoms with Crippen LogP contribution < -0.4 is 10.1 Å². The van der Waals surface area contributed by atoms with E-state index in [1.807, 2.05) is 24.3 Å². The average Bonchev–Trinajstić information content (AvgIpc) is 2.85. The lowest BCUT2D eigenvalue weighted by atomic mass is 9.92. The van der Waals surface area contributed by atoms with Crippen molar-refractivity contribution in [2.45, 2.75) is 43.4 Å². The zero-order valence-electron chi connectivity index (χ0n) is 20.4. The molecule has 1 aliphatic carbocycles. The first-order chi connectivity index (χ1) is 17.7. The Bertz CT molecular complexity index is 1600. The predicted molar refractivity (Wildman–Crippen MR) is 138 cm³/mol. The summed E-state index contributed by atoms with van der Waals surface area (Å²) in [5, 5.41) is 13.1. The number of aryl methyl sites for hydroxylation is 1. The van der Waals surface area contributed by atoms with E-state index < -0.39 is 15.7 Å². The van der Waals surface area contributed by atoms with Crippen LogP contribution in [-0.2, 0) is 16.4 Å². The largest absolute Gasteiger partial charge is 0.474 e. The molecule has 2 N–H and O–H groups in total. The van der Waals surface area contributed by atoms with Crippen LogP contribution in [0.3, 0.4) is 0 Å². The van der Waals surface area contributed by atoms with E-state index in [0.29, 0.717) is 46.9 Å². The number of benzene rings is 1. The Labute approximate surface area is 214 Å². The van der Waals surface area contributed by atoms with Gasteiger partial charge in [-0.3, -0.25) is 9.78 Å². The molecule has 3 heterocycles. The first-order valence-corrected chi connectivity index (χ1v) is 13.7. The summed E-state index contributed by atoms with van der Waals surface area (Å²) in [6.07, 6.45) is 3.70. The molecule has 0 radical (unpaired) electrons. The number of carbonyl (C=O) groups is 1. The second kappa shape index (κ2) is 9.87. The van der Waals surface area contributed by atoms with Gasteiger partial charge in [0.2, 0.25) is 5.88 Å². The third-order valence-electron chi connectivity index (χ3n) is 6.25. The molecule has 3 aromatic heterocycles. The number of nitrogens with zero attached hydrogens (tertiary/aromatic N) is 3. The van der Waals surface area contributed by atoms with Crippen molar-refractivity contribution in [1.82, 2.24) is 20.3 Å². The van der Waals surface area contributed by atoms with E-state index in [9.17, 15) is 18.3 Å². The van der Waals surface area contributed by atoms with Gasteiger partial charge in [-0.05, 0) is 48.9 Å². The van der Waals surface area contributed by atoms with Gasteiger partial charge in [0.05, 0.1) is 40.1 Å². The molecule has 5 rings (SSSR count). The number of aliphatic hydroxyl groups excluding tert-OH is 1. The van der Waals surface area contributed by atoms with Crippen molar-refractivity contribution < 1.29 is 23.1 Å². The highest BCUT2D eigenvalue weighted by molar-refractivity contribution is 7.90. The zero-order chi connectivity index (χ0) is 26.2. The van der Waals surface area contributed by atoms with Gasteiger partial charge in [-0.25, -0.2) is 18.4 Å². The summed E-state index contributed by atoms with van der Waals surface area (Å²) >= 11 is 0. The van der Waals surface area contributed by atoms with Gasteiger partial charge in [0.25, 0.3) is 5.91 Å². The molecule has 0 atom stereocenters. The molecule has 1 saturated carbocycles. The SMILES string of the molecule is Cc1ccc(C(=O)NCc2cc3nc(-c4cccc(O[C@H]5C[C@H](O)C5)n4)ccc3cn2)cc1S(C)(=O)=O. The summed E-state index contributed by atoms with van der Waals surface area (Å²) in [6.45, 7) is 1.84. The number of aromatic nitrogens is 3. The third-order valence-corrected chi connectivity index (χ3v) is 7.49. The lowest BCUT2D eigenvalue weighted by Gasteiger charge is -2.31. The first-order valence-electron chi connectivity index (χ1n) is 11.8. The normalized spacial score (nSPS) is 17.3. The fourth-order valence-electron chi connectivity index (χ4n) is 4.14. The van der Waals surface area contributed by atoms with Crippen LogP contribution in [0.4, 0.5) is 0 Å². The summed E-state index contributed by atoms with van der Waals surface area (Å²) in [5.74, 6) is 0.0954. The summed E-state index contributed by atoms with van der Waals surface area (Å²) in [5.41, 5.74) is 3.48. The van der Waals surface area contributed by atoms with Crippen molar-refractivity contribution in [2.75, 3.05) is 6.26 Å². The van der Waals surface area contributed by atoms with Crippen molar-refractivity contribution in [3.8, 4) is 17.3 Å². The number of hydrogen-bond donors (Lipinski definition) is 2. The summed E-state index contributed by atoms with van der Waals surface area (Å²) in [4.78, 5) is 26.5. The Morgan fingerprint density at radius 2 is 1.86 bits per heavy atom. The van der Waals surface area contributed by atoms with E-state index in [1.165, 1.54) is 6.07 Å². The van der Waals surface area contributed by atoms with E-state index in [0.717, 1.165) is 11.6 Å². The predicted octanol–water partition coefficient (Wildman–Crippen LogP) is 3.24. The van der Waals surface area contributed by atoms with Crippen LogP contribution in [0.15, 0.2) is 65.7 Å². The third kappa shape index (κ3) is 5.60. The maximum absolute atomic E-state index is 12.7. The molecule has 190 valence electrons. The number of fused-ring (bicyclic) bond motifs is 1. The number of hydrogen-bond acceptors (Lipinski definition) is 8. The molecule has 1 fully saturated rings. The van der Waals surface area contributed by atoms with E-state index in [-0.39, 0.29) is 29.2 Å². The average molecular weight is 519 g/mol. The number of nitrogens with one attached hydrogen (secondary N) is 1. The van der Waals surface area contributed by atoms with E-state index >= 15 is 0 Å². The van der Waals surface area contributed by atoms with Gasteiger partial charge in [-0.2, -0.15) is 0 Å². The van der Waals surface area contributed by atoms with Gasteiger partial charge in [-0.1, -0.05) is 12.1 Å². The lowest BCUT2D eigenvalue weighted by molar-refractivity contribution is -0.0127. The lowest BCUT2D eigenvalue weighted by Crippen LogP contribution is -2.37. The monoisotopic (exact) mass is 518 g/mol. The van der Waals surface area contributed by atoms with Crippen molar-refractivity contribution in [1.29, 1.82) is 0 Å². The number of rotatable bonds is 7. The highest BCUT2D eigenvalue weighted by atomic mass is 32.2. The topological polar surface area (TPSA) is 131 Å². The van der Waals surface area contributed by atoms with Crippen LogP contribution in [-0.4, -0.2) is 52.8 Å². The molecule has 0 unspecified atom stereocenters. The quantitative estimate of drug-likeness (QED) is 0.381. The number of aliphatic hydroxyl groups is 1. The van der Waals surface area contributed by atoms with E-state index in [2.05, 4.69) is 15.3 Å². The highest BCUT2D eigenvalue weighted by Crippen LogP contribution is 2.27. The molecule has 37 heavy (non-hydrogen) atoms. The van der Waals surface area contributed by atoms with Crippen LogP contribution in [0.5, 0.6) is 5.88 Å². The maximum atomic E-state index is 12.7. The Balaban J connectivity index is 1.32. The zero-order valence-corrected chi connectivity index (χ0v) is 21.2. The Morgan fingerprint density at radius 3 is 2.62 bits per heavy atom. The molecule has 4 aromatic rings. The smallest absolute Gasteiger partial charge is 0.251 e. The van der Waals surface area contributed by atoms with E-state index in [4.69, 9.17) is 9.72 Å². The van der Waals surface area contributed by atoms with Gasteiger partial charge in [0.1, 0.15) is 6.10 Å². The Kier molecular flexibility index (Phi) is 6.61. The minimum atomic E-state index is -3.44. The first kappa shape index (κ1) is 24.8. The second-order valence-electron chi connectivity index (χ2n) is 9.23. The fourth-order valence-corrected chi connectivity index (χ4v) is 5.13. The number of carbonyl (C=O) groups excluding carboxylic acids is 1. The molecule has 0 bridgehead atoms. The Hall–Kier alpha value is -3.89. The molecule has 1 aromatic carbocycles. The van der Waals surface area contributed by atoms with Crippen LogP contribution in [0.1, 0.15) is 34.5 Å². The molecule has 0 saturated heterocycles. The number of amides is 1. The molecule has 9 nitrogen and oxygen atoms in total. The molecule has 0 spiro atoms. The molecule has 1 aliphatic rings. The van der Waals surface area contributed by atoms with Crippen LogP contribution >= 0.6 is 0 Å². The molecule has 1 amide bonds. The molecular formula is C27H26N4O5S. The fraction of sp³-hybridized carbons (Fsp3) is 0.259. The van der Waals surface area contributed by atoms with E-state index in [1.54, 1.807) is 37.4 Å². The van der Waals surface area contributed by atoms with Crippen molar-refractivity contribution in [3.63, 3.8) is 0 Å². The van der Waals surface area contributed by atoms with Crippen LogP contribution in [0, 0.1) is 6.92 Å². The van der Waals surface area contributed by atoms with Gasteiger partial charge < -0.3 is 15.2 Å². The van der Waals surface area contributed by atoms with Gasteiger partial charge in [0.15, 0.2) is 9.84 Å². The molecule has 0 aliphatic heterocycles. The minimum Gasteiger partial charge on any atom is -0.474 e. The van der Waals surface area contributed by atoms with Crippen LogP contribution in [0.25, 0.3) is 22.3 Å².